The molecule has 1 aromatic heterocycles. The van der Waals surface area contributed by atoms with E-state index in [1.807, 2.05) is 6.92 Å². The van der Waals surface area contributed by atoms with E-state index < -0.39 is 0 Å². The standard InChI is InChI=1S/C8H14N4O/c1-6-5-12(4-3-9-6)8-11-10-7(2)13-8/h6,9H,3-5H2,1-2H3. The number of aromatic nitrogens is 2. The average Bonchev–Trinajstić information content (AvgIpc) is 2.52. The van der Waals surface area contributed by atoms with Crippen LogP contribution in [-0.2, 0) is 0 Å². The van der Waals surface area contributed by atoms with Crippen LogP contribution in [0.2, 0.25) is 0 Å². The Morgan fingerprint density at radius 2 is 2.38 bits per heavy atom. The van der Waals surface area contributed by atoms with Crippen LogP contribution in [0.1, 0.15) is 12.8 Å². The second-order valence-electron chi connectivity index (χ2n) is 3.40. The molecule has 5 heteroatoms. The fourth-order valence-electron chi connectivity index (χ4n) is 1.52. The van der Waals surface area contributed by atoms with Crippen LogP contribution in [0.15, 0.2) is 4.42 Å². The Morgan fingerprint density at radius 3 is 3.00 bits per heavy atom. The predicted octanol–water partition coefficient (Wildman–Crippen LogP) is 0.176. The van der Waals surface area contributed by atoms with E-state index >= 15 is 0 Å². The van der Waals surface area contributed by atoms with Crippen molar-refractivity contribution in [3.63, 3.8) is 0 Å². The molecule has 5 nitrogen and oxygen atoms in total. The van der Waals surface area contributed by atoms with Gasteiger partial charge in [-0.05, 0) is 6.92 Å². The van der Waals surface area contributed by atoms with Crippen molar-refractivity contribution in [2.75, 3.05) is 24.5 Å². The summed E-state index contributed by atoms with van der Waals surface area (Å²) in [4.78, 5) is 2.11. The number of anilines is 1. The lowest BCUT2D eigenvalue weighted by atomic mass is 10.2. The van der Waals surface area contributed by atoms with Crippen molar-refractivity contribution in [1.82, 2.24) is 15.5 Å². The van der Waals surface area contributed by atoms with E-state index in [1.54, 1.807) is 0 Å². The zero-order chi connectivity index (χ0) is 9.26. The van der Waals surface area contributed by atoms with Gasteiger partial charge in [0.15, 0.2) is 0 Å². The smallest absolute Gasteiger partial charge is 0.318 e. The molecule has 1 atom stereocenters. The summed E-state index contributed by atoms with van der Waals surface area (Å²) in [5, 5.41) is 11.2. The maximum atomic E-state index is 5.35. The Morgan fingerprint density at radius 1 is 1.54 bits per heavy atom. The van der Waals surface area contributed by atoms with Gasteiger partial charge in [-0.2, -0.15) is 0 Å². The SMILES string of the molecule is Cc1nnc(N2CCNC(C)C2)o1. The van der Waals surface area contributed by atoms with Crippen LogP contribution in [-0.4, -0.2) is 35.9 Å². The van der Waals surface area contributed by atoms with Gasteiger partial charge in [-0.1, -0.05) is 5.10 Å². The van der Waals surface area contributed by atoms with Crippen LogP contribution in [0.4, 0.5) is 6.01 Å². The summed E-state index contributed by atoms with van der Waals surface area (Å²) in [5.41, 5.74) is 0. The van der Waals surface area contributed by atoms with Crippen molar-refractivity contribution < 1.29 is 4.42 Å². The molecule has 0 amide bonds. The van der Waals surface area contributed by atoms with Gasteiger partial charge in [0.1, 0.15) is 0 Å². The Hall–Kier alpha value is -1.10. The van der Waals surface area contributed by atoms with Gasteiger partial charge < -0.3 is 14.6 Å². The zero-order valence-corrected chi connectivity index (χ0v) is 7.95. The van der Waals surface area contributed by atoms with Gasteiger partial charge in [-0.3, -0.25) is 0 Å². The number of aryl methyl sites for hydroxylation is 1. The molecule has 1 aliphatic rings. The average molecular weight is 182 g/mol. The first kappa shape index (κ1) is 8.50. The van der Waals surface area contributed by atoms with Crippen LogP contribution >= 0.6 is 0 Å². The number of rotatable bonds is 1. The summed E-state index contributed by atoms with van der Waals surface area (Å²) in [6.45, 7) is 6.80. The van der Waals surface area contributed by atoms with Gasteiger partial charge in [0.25, 0.3) is 0 Å². The summed E-state index contributed by atoms with van der Waals surface area (Å²) >= 11 is 0. The van der Waals surface area contributed by atoms with Crippen LogP contribution in [0, 0.1) is 6.92 Å². The second-order valence-corrected chi connectivity index (χ2v) is 3.40. The van der Waals surface area contributed by atoms with E-state index in [1.165, 1.54) is 0 Å². The van der Waals surface area contributed by atoms with Gasteiger partial charge in [0, 0.05) is 32.6 Å². The van der Waals surface area contributed by atoms with Crippen LogP contribution in [0.5, 0.6) is 0 Å². The molecule has 1 aliphatic heterocycles. The summed E-state index contributed by atoms with van der Waals surface area (Å²) < 4.78 is 5.35. The van der Waals surface area contributed by atoms with Crippen LogP contribution in [0.3, 0.4) is 0 Å². The first-order chi connectivity index (χ1) is 6.25. The number of hydrogen-bond acceptors (Lipinski definition) is 5. The van der Waals surface area contributed by atoms with E-state index in [0.29, 0.717) is 17.9 Å². The van der Waals surface area contributed by atoms with Gasteiger partial charge in [-0.25, -0.2) is 0 Å². The first-order valence-corrected chi connectivity index (χ1v) is 4.54. The van der Waals surface area contributed by atoms with E-state index in [2.05, 4.69) is 27.3 Å². The van der Waals surface area contributed by atoms with E-state index in [4.69, 9.17) is 4.42 Å². The molecule has 72 valence electrons. The minimum atomic E-state index is 0.487. The number of nitrogens with one attached hydrogen (secondary N) is 1. The molecule has 1 saturated heterocycles. The molecule has 0 aliphatic carbocycles. The molecule has 0 radical (unpaired) electrons. The topological polar surface area (TPSA) is 54.2 Å². The van der Waals surface area contributed by atoms with Crippen molar-refractivity contribution in [2.24, 2.45) is 0 Å². The molecule has 0 spiro atoms. The Bertz CT molecular complexity index is 285. The molecular weight excluding hydrogens is 168 g/mol. The monoisotopic (exact) mass is 182 g/mol. The van der Waals surface area contributed by atoms with E-state index in [9.17, 15) is 0 Å². The number of hydrogen-bond donors (Lipinski definition) is 1. The molecule has 0 saturated carbocycles. The minimum Gasteiger partial charge on any atom is -0.408 e. The molecule has 1 fully saturated rings. The highest BCUT2D eigenvalue weighted by Crippen LogP contribution is 2.13. The zero-order valence-electron chi connectivity index (χ0n) is 7.95. The largest absolute Gasteiger partial charge is 0.408 e. The Labute approximate surface area is 77.1 Å². The fraction of sp³-hybridized carbons (Fsp3) is 0.750. The van der Waals surface area contributed by atoms with Crippen molar-refractivity contribution in [2.45, 2.75) is 19.9 Å². The minimum absolute atomic E-state index is 0.487. The summed E-state index contributed by atoms with van der Waals surface area (Å²) in [6, 6.07) is 1.13. The highest BCUT2D eigenvalue weighted by molar-refractivity contribution is 5.25. The fourth-order valence-corrected chi connectivity index (χ4v) is 1.52. The normalized spacial score (nSPS) is 23.5. The molecule has 1 unspecified atom stereocenters. The molecular formula is C8H14N4O. The lowest BCUT2D eigenvalue weighted by Crippen LogP contribution is -2.49. The molecule has 1 aromatic rings. The Balaban J connectivity index is 2.08. The van der Waals surface area contributed by atoms with Crippen molar-refractivity contribution in [1.29, 1.82) is 0 Å². The molecule has 0 aromatic carbocycles. The van der Waals surface area contributed by atoms with Gasteiger partial charge in [-0.15, -0.1) is 5.10 Å². The number of piperazine rings is 1. The molecule has 2 heterocycles. The first-order valence-electron chi connectivity index (χ1n) is 4.54. The van der Waals surface area contributed by atoms with Crippen molar-refractivity contribution in [3.8, 4) is 0 Å². The van der Waals surface area contributed by atoms with Crippen molar-refractivity contribution in [3.05, 3.63) is 5.89 Å². The van der Waals surface area contributed by atoms with E-state index in [0.717, 1.165) is 19.6 Å². The summed E-state index contributed by atoms with van der Waals surface area (Å²) in [7, 11) is 0. The van der Waals surface area contributed by atoms with Crippen LogP contribution < -0.4 is 10.2 Å². The highest BCUT2D eigenvalue weighted by Gasteiger charge is 2.19. The third-order valence-corrected chi connectivity index (χ3v) is 2.15. The van der Waals surface area contributed by atoms with Crippen LogP contribution in [0.25, 0.3) is 0 Å². The number of nitrogens with zero attached hydrogens (tertiary/aromatic N) is 3. The Kier molecular flexibility index (Phi) is 2.18. The molecule has 1 N–H and O–H groups in total. The summed E-state index contributed by atoms with van der Waals surface area (Å²) in [6.07, 6.45) is 0. The lowest BCUT2D eigenvalue weighted by molar-refractivity contribution is 0.438. The van der Waals surface area contributed by atoms with E-state index in [-0.39, 0.29) is 0 Å². The highest BCUT2D eigenvalue weighted by atomic mass is 16.4. The lowest BCUT2D eigenvalue weighted by Gasteiger charge is -2.30. The molecule has 2 rings (SSSR count). The van der Waals surface area contributed by atoms with Gasteiger partial charge in [0.05, 0.1) is 0 Å². The second kappa shape index (κ2) is 3.33. The third kappa shape index (κ3) is 1.80. The maximum absolute atomic E-state index is 5.35. The molecule has 0 bridgehead atoms. The summed E-state index contributed by atoms with van der Waals surface area (Å²) in [5.74, 6) is 0.626. The third-order valence-electron chi connectivity index (χ3n) is 2.15. The van der Waals surface area contributed by atoms with Crippen molar-refractivity contribution >= 4 is 6.01 Å². The van der Waals surface area contributed by atoms with Gasteiger partial charge in [0.2, 0.25) is 5.89 Å². The maximum Gasteiger partial charge on any atom is 0.318 e. The van der Waals surface area contributed by atoms with Gasteiger partial charge >= 0.3 is 6.01 Å². The molecule has 13 heavy (non-hydrogen) atoms. The predicted molar refractivity (Wildman–Crippen MR) is 48.7 cm³/mol. The quantitative estimate of drug-likeness (QED) is 0.671.